The molecule has 1 aliphatic heterocycles. The molecular formula is C28H33N3O4S. The standard InChI is InChI=1S/C28H33N3O4S/c1-18(2)12-13-31-27(34)23-11-10-21(26(33)29-16-22-5-4-14-35-22)15-24(23)30-28(31)36-17-25(32)20-8-6-19(3)7-9-20/h6-11,15,18,22H,4-5,12-14,16-17H2,1-3H3,(H,29,33). The summed E-state index contributed by atoms with van der Waals surface area (Å²) in [6, 6.07) is 12.4. The predicted molar refractivity (Wildman–Crippen MR) is 143 cm³/mol. The van der Waals surface area contributed by atoms with Crippen LogP contribution in [0.2, 0.25) is 0 Å². The molecule has 4 rings (SSSR count). The van der Waals surface area contributed by atoms with Crippen LogP contribution in [0.15, 0.2) is 52.4 Å². The Hall–Kier alpha value is -2.97. The lowest BCUT2D eigenvalue weighted by Crippen LogP contribution is -2.31. The van der Waals surface area contributed by atoms with Gasteiger partial charge in [-0.25, -0.2) is 4.98 Å². The summed E-state index contributed by atoms with van der Waals surface area (Å²) in [5.74, 6) is 0.341. The van der Waals surface area contributed by atoms with Crippen molar-refractivity contribution < 1.29 is 14.3 Å². The zero-order valence-electron chi connectivity index (χ0n) is 21.1. The average Bonchev–Trinajstić information content (AvgIpc) is 3.39. The molecule has 2 heterocycles. The van der Waals surface area contributed by atoms with Gasteiger partial charge >= 0.3 is 0 Å². The molecule has 3 aromatic rings. The van der Waals surface area contributed by atoms with Crippen LogP contribution in [0, 0.1) is 12.8 Å². The minimum Gasteiger partial charge on any atom is -0.376 e. The number of ketones is 1. The fourth-order valence-corrected chi connectivity index (χ4v) is 5.02. The third-order valence-corrected chi connectivity index (χ3v) is 7.31. The number of amides is 1. The van der Waals surface area contributed by atoms with Gasteiger partial charge in [0.1, 0.15) is 0 Å². The van der Waals surface area contributed by atoms with Crippen LogP contribution >= 0.6 is 11.8 Å². The molecule has 1 N–H and O–H groups in total. The van der Waals surface area contributed by atoms with E-state index in [0.717, 1.165) is 31.4 Å². The number of hydrogen-bond acceptors (Lipinski definition) is 6. The zero-order chi connectivity index (χ0) is 25.7. The Labute approximate surface area is 215 Å². The third-order valence-electron chi connectivity index (χ3n) is 6.33. The lowest BCUT2D eigenvalue weighted by molar-refractivity contribution is 0.0857. The van der Waals surface area contributed by atoms with Gasteiger partial charge in [-0.3, -0.25) is 19.0 Å². The molecule has 36 heavy (non-hydrogen) atoms. The Kier molecular flexibility index (Phi) is 8.59. The fraction of sp³-hybridized carbons (Fsp3) is 0.429. The number of aryl methyl sites for hydroxylation is 1. The molecule has 0 saturated carbocycles. The van der Waals surface area contributed by atoms with Gasteiger partial charge in [-0.05, 0) is 50.3 Å². The first-order valence-electron chi connectivity index (χ1n) is 12.5. The van der Waals surface area contributed by atoms with Crippen LogP contribution in [0.1, 0.15) is 59.4 Å². The van der Waals surface area contributed by atoms with E-state index in [1.807, 2.05) is 31.2 Å². The number of rotatable bonds is 10. The zero-order valence-corrected chi connectivity index (χ0v) is 21.9. The molecule has 190 valence electrons. The Bertz CT molecular complexity index is 1290. The van der Waals surface area contributed by atoms with Crippen molar-refractivity contribution in [2.75, 3.05) is 18.9 Å². The highest BCUT2D eigenvalue weighted by molar-refractivity contribution is 7.99. The van der Waals surface area contributed by atoms with E-state index >= 15 is 0 Å². The van der Waals surface area contributed by atoms with E-state index in [1.54, 1.807) is 22.8 Å². The number of thioether (sulfide) groups is 1. The predicted octanol–water partition coefficient (Wildman–Crippen LogP) is 4.63. The van der Waals surface area contributed by atoms with E-state index in [1.165, 1.54) is 11.8 Å². The molecule has 1 aliphatic rings. The fourth-order valence-electron chi connectivity index (χ4n) is 4.10. The molecule has 1 aromatic heterocycles. The molecule has 1 unspecified atom stereocenters. The summed E-state index contributed by atoms with van der Waals surface area (Å²) < 4.78 is 7.24. The summed E-state index contributed by atoms with van der Waals surface area (Å²) >= 11 is 1.26. The van der Waals surface area contributed by atoms with Crippen molar-refractivity contribution >= 4 is 34.4 Å². The minimum atomic E-state index is -0.220. The minimum absolute atomic E-state index is 0.0213. The molecule has 0 spiro atoms. The van der Waals surface area contributed by atoms with E-state index in [9.17, 15) is 14.4 Å². The van der Waals surface area contributed by atoms with Gasteiger partial charge in [0.05, 0.1) is 22.8 Å². The van der Waals surface area contributed by atoms with Crippen molar-refractivity contribution in [1.29, 1.82) is 0 Å². The number of hydrogen-bond donors (Lipinski definition) is 1. The van der Waals surface area contributed by atoms with Crippen molar-refractivity contribution in [2.45, 2.75) is 57.8 Å². The van der Waals surface area contributed by atoms with Crippen molar-refractivity contribution in [2.24, 2.45) is 5.92 Å². The van der Waals surface area contributed by atoms with E-state index in [2.05, 4.69) is 19.2 Å². The van der Waals surface area contributed by atoms with Gasteiger partial charge in [-0.1, -0.05) is 55.4 Å². The number of ether oxygens (including phenoxy) is 1. The molecule has 0 aliphatic carbocycles. The van der Waals surface area contributed by atoms with Crippen LogP contribution in [0.3, 0.4) is 0 Å². The van der Waals surface area contributed by atoms with Crippen LogP contribution in [0.5, 0.6) is 0 Å². The number of carbonyl (C=O) groups excluding carboxylic acids is 2. The molecule has 8 heteroatoms. The topological polar surface area (TPSA) is 90.3 Å². The second-order valence-electron chi connectivity index (χ2n) is 9.69. The maximum absolute atomic E-state index is 13.4. The molecular weight excluding hydrogens is 474 g/mol. The van der Waals surface area contributed by atoms with E-state index in [0.29, 0.717) is 46.2 Å². The monoisotopic (exact) mass is 507 g/mol. The number of fused-ring (bicyclic) bond motifs is 1. The summed E-state index contributed by atoms with van der Waals surface area (Å²) in [6.07, 6.45) is 2.82. The number of aromatic nitrogens is 2. The molecule has 1 amide bonds. The summed E-state index contributed by atoms with van der Waals surface area (Å²) in [4.78, 5) is 43.7. The second kappa shape index (κ2) is 11.8. The van der Waals surface area contributed by atoms with Gasteiger partial charge < -0.3 is 10.1 Å². The van der Waals surface area contributed by atoms with Gasteiger partial charge in [0.15, 0.2) is 10.9 Å². The SMILES string of the molecule is Cc1ccc(C(=O)CSc2nc3cc(C(=O)NCC4CCCO4)ccc3c(=O)n2CCC(C)C)cc1. The van der Waals surface area contributed by atoms with Crippen LogP contribution in [-0.4, -0.2) is 46.2 Å². The largest absolute Gasteiger partial charge is 0.376 e. The van der Waals surface area contributed by atoms with Crippen LogP contribution < -0.4 is 10.9 Å². The molecule has 0 bridgehead atoms. The van der Waals surface area contributed by atoms with Gasteiger partial charge in [0.25, 0.3) is 11.5 Å². The Morgan fingerprint density at radius 2 is 1.92 bits per heavy atom. The average molecular weight is 508 g/mol. The number of nitrogens with zero attached hydrogens (tertiary/aromatic N) is 2. The quantitative estimate of drug-likeness (QED) is 0.244. The molecule has 2 aromatic carbocycles. The first-order chi connectivity index (χ1) is 17.3. The number of benzene rings is 2. The highest BCUT2D eigenvalue weighted by Crippen LogP contribution is 2.21. The summed E-state index contributed by atoms with van der Waals surface area (Å²) in [6.45, 7) is 7.90. The van der Waals surface area contributed by atoms with Crippen molar-refractivity contribution in [3.63, 3.8) is 0 Å². The van der Waals surface area contributed by atoms with Crippen LogP contribution in [0.25, 0.3) is 10.9 Å². The molecule has 0 radical (unpaired) electrons. The van der Waals surface area contributed by atoms with Gasteiger partial charge in [0, 0.05) is 30.8 Å². The van der Waals surface area contributed by atoms with E-state index in [-0.39, 0.29) is 29.1 Å². The van der Waals surface area contributed by atoms with Crippen LogP contribution in [0.4, 0.5) is 0 Å². The van der Waals surface area contributed by atoms with Crippen molar-refractivity contribution in [3.8, 4) is 0 Å². The number of nitrogens with one attached hydrogen (secondary N) is 1. The van der Waals surface area contributed by atoms with E-state index < -0.39 is 0 Å². The summed E-state index contributed by atoms with van der Waals surface area (Å²) in [7, 11) is 0. The normalized spacial score (nSPS) is 15.5. The third kappa shape index (κ3) is 6.42. The molecule has 1 saturated heterocycles. The Balaban J connectivity index is 1.59. The van der Waals surface area contributed by atoms with Crippen molar-refractivity contribution in [1.82, 2.24) is 14.9 Å². The maximum atomic E-state index is 13.4. The van der Waals surface area contributed by atoms with Gasteiger partial charge in [0.2, 0.25) is 0 Å². The summed E-state index contributed by atoms with van der Waals surface area (Å²) in [5, 5.41) is 3.87. The van der Waals surface area contributed by atoms with Crippen LogP contribution in [-0.2, 0) is 11.3 Å². The smallest absolute Gasteiger partial charge is 0.262 e. The highest BCUT2D eigenvalue weighted by Gasteiger charge is 2.19. The molecule has 1 atom stereocenters. The van der Waals surface area contributed by atoms with Crippen molar-refractivity contribution in [3.05, 3.63) is 69.5 Å². The first kappa shape index (κ1) is 26.1. The van der Waals surface area contributed by atoms with Gasteiger partial charge in [-0.2, -0.15) is 0 Å². The maximum Gasteiger partial charge on any atom is 0.262 e. The molecule has 7 nitrogen and oxygen atoms in total. The molecule has 1 fully saturated rings. The lowest BCUT2D eigenvalue weighted by atomic mass is 10.1. The first-order valence-corrected chi connectivity index (χ1v) is 13.5. The lowest BCUT2D eigenvalue weighted by Gasteiger charge is -2.15. The number of carbonyl (C=O) groups is 2. The highest BCUT2D eigenvalue weighted by atomic mass is 32.2. The second-order valence-corrected chi connectivity index (χ2v) is 10.6. The Morgan fingerprint density at radius 1 is 1.17 bits per heavy atom. The van der Waals surface area contributed by atoms with E-state index in [4.69, 9.17) is 9.72 Å². The van der Waals surface area contributed by atoms with Gasteiger partial charge in [-0.15, -0.1) is 0 Å². The Morgan fingerprint density at radius 3 is 2.61 bits per heavy atom. The number of Topliss-reactive ketones (excluding diaryl/α,β-unsaturated/α-hetero) is 1. The summed E-state index contributed by atoms with van der Waals surface area (Å²) in [5.41, 5.74) is 2.47.